The van der Waals surface area contributed by atoms with Crippen LogP contribution < -0.4 is 0 Å². The van der Waals surface area contributed by atoms with Crippen molar-refractivity contribution in [1.82, 2.24) is 9.29 Å². The third-order valence-corrected chi connectivity index (χ3v) is 5.77. The molecule has 132 valence electrons. The Balaban J connectivity index is 1.99. The Labute approximate surface area is 156 Å². The Bertz CT molecular complexity index is 831. The van der Waals surface area contributed by atoms with Crippen molar-refractivity contribution in [3.63, 3.8) is 0 Å². The molecule has 1 unspecified atom stereocenters. The molecule has 1 atom stereocenters. The number of pyridine rings is 1. The number of hydrogen-bond donors (Lipinski definition) is 0. The maximum Gasteiger partial charge on any atom is 0.231 e. The topological polar surface area (TPSA) is 50.3 Å². The Morgan fingerprint density at radius 3 is 1.92 bits per heavy atom. The van der Waals surface area contributed by atoms with E-state index in [1.807, 2.05) is 78.9 Å². The van der Waals surface area contributed by atoms with Gasteiger partial charge in [0.1, 0.15) is 16.2 Å². The Kier molecular flexibility index (Phi) is 5.92. The predicted molar refractivity (Wildman–Crippen MR) is 103 cm³/mol. The fourth-order valence-electron chi connectivity index (χ4n) is 2.75. The molecule has 0 bridgehead atoms. The molecule has 5 heteroatoms. The summed E-state index contributed by atoms with van der Waals surface area (Å²) >= 11 is 0. The van der Waals surface area contributed by atoms with Gasteiger partial charge in [-0.15, -0.1) is 0 Å². The van der Waals surface area contributed by atoms with E-state index in [9.17, 15) is 9.00 Å². The first kappa shape index (κ1) is 18.0. The van der Waals surface area contributed by atoms with Crippen LogP contribution in [0.3, 0.4) is 0 Å². The Hall–Kier alpha value is -2.79. The van der Waals surface area contributed by atoms with E-state index in [1.54, 1.807) is 6.20 Å². The van der Waals surface area contributed by atoms with Crippen LogP contribution in [0.25, 0.3) is 0 Å². The number of carbonyl (C=O) groups is 1. The molecule has 0 aliphatic heterocycles. The van der Waals surface area contributed by atoms with Gasteiger partial charge in [-0.3, -0.25) is 14.1 Å². The largest absolute Gasteiger partial charge is 0.274 e. The van der Waals surface area contributed by atoms with Crippen LogP contribution >= 0.6 is 0 Å². The first-order valence-corrected chi connectivity index (χ1v) is 9.52. The summed E-state index contributed by atoms with van der Waals surface area (Å²) in [7, 11) is -1.58. The summed E-state index contributed by atoms with van der Waals surface area (Å²) in [5.41, 5.74) is 2.52. The molecule has 1 heterocycles. The number of nitrogens with zero attached hydrogens (tertiary/aromatic N) is 2. The van der Waals surface area contributed by atoms with Crippen LogP contribution in [-0.4, -0.2) is 19.4 Å². The molecule has 4 nitrogen and oxygen atoms in total. The molecule has 0 saturated heterocycles. The second-order valence-corrected chi connectivity index (χ2v) is 7.32. The number of carbonyl (C=O) groups excluding carboxylic acids is 1. The molecule has 3 rings (SSSR count). The van der Waals surface area contributed by atoms with Crippen LogP contribution in [0.5, 0.6) is 0 Å². The minimum absolute atomic E-state index is 0.207. The van der Waals surface area contributed by atoms with Gasteiger partial charge >= 0.3 is 0 Å². The van der Waals surface area contributed by atoms with Crippen LogP contribution in [0.2, 0.25) is 0 Å². The highest BCUT2D eigenvalue weighted by Crippen LogP contribution is 2.30. The van der Waals surface area contributed by atoms with Crippen LogP contribution in [0.15, 0.2) is 85.1 Å². The average Bonchev–Trinajstić information content (AvgIpc) is 2.68. The molecule has 0 N–H and O–H groups in total. The summed E-state index contributed by atoms with van der Waals surface area (Å²) in [5.74, 6) is -0.245. The molecule has 0 saturated carbocycles. The van der Waals surface area contributed by atoms with Crippen molar-refractivity contribution in [2.24, 2.45) is 0 Å². The summed E-state index contributed by atoms with van der Waals surface area (Å²) in [4.78, 5) is 16.5. The lowest BCUT2D eigenvalue weighted by Crippen LogP contribution is -2.34. The van der Waals surface area contributed by atoms with E-state index in [0.717, 1.165) is 11.1 Å². The second-order valence-electron chi connectivity index (χ2n) is 5.85. The second kappa shape index (κ2) is 8.54. The number of aromatic nitrogens is 1. The Morgan fingerprint density at radius 2 is 1.46 bits per heavy atom. The molecule has 0 fully saturated rings. The van der Waals surface area contributed by atoms with Crippen LogP contribution in [0.4, 0.5) is 0 Å². The van der Waals surface area contributed by atoms with Crippen molar-refractivity contribution in [2.45, 2.75) is 18.7 Å². The zero-order valence-corrected chi connectivity index (χ0v) is 15.3. The zero-order valence-electron chi connectivity index (χ0n) is 14.5. The maximum atomic E-state index is 13.5. The van der Waals surface area contributed by atoms with E-state index >= 15 is 0 Å². The van der Waals surface area contributed by atoms with E-state index in [0.29, 0.717) is 5.69 Å². The van der Waals surface area contributed by atoms with Crippen molar-refractivity contribution in [3.05, 3.63) is 102 Å². The molecule has 26 heavy (non-hydrogen) atoms. The molecular formula is C21H20N2O2S. The van der Waals surface area contributed by atoms with Gasteiger partial charge in [-0.1, -0.05) is 66.7 Å². The highest BCUT2D eigenvalue weighted by Gasteiger charge is 2.28. The monoisotopic (exact) mass is 364 g/mol. The molecule has 0 radical (unpaired) electrons. The van der Waals surface area contributed by atoms with Gasteiger partial charge in [-0.05, 0) is 23.3 Å². The fraction of sp³-hybridized carbons (Fsp3) is 0.143. The molecule has 2 aromatic carbocycles. The average molecular weight is 364 g/mol. The normalized spacial score (nSPS) is 11.9. The first-order chi connectivity index (χ1) is 12.7. The van der Waals surface area contributed by atoms with Crippen molar-refractivity contribution < 1.29 is 9.00 Å². The molecule has 1 amide bonds. The molecule has 1 aromatic heterocycles. The van der Waals surface area contributed by atoms with Gasteiger partial charge < -0.3 is 0 Å². The van der Waals surface area contributed by atoms with Crippen LogP contribution in [0, 0.1) is 0 Å². The molecule has 3 aromatic rings. The SMILES string of the molecule is CC(=O)N(Cc1ccccn1)S(=O)C(c1ccccc1)c1ccccc1. The van der Waals surface area contributed by atoms with Gasteiger partial charge in [0.2, 0.25) is 5.91 Å². The van der Waals surface area contributed by atoms with Gasteiger partial charge in [-0.2, -0.15) is 0 Å². The van der Waals surface area contributed by atoms with Crippen LogP contribution in [-0.2, 0) is 22.3 Å². The van der Waals surface area contributed by atoms with E-state index < -0.39 is 16.2 Å². The summed E-state index contributed by atoms with van der Waals surface area (Å²) < 4.78 is 14.9. The lowest BCUT2D eigenvalue weighted by Gasteiger charge is -2.26. The molecule has 0 aliphatic rings. The third-order valence-electron chi connectivity index (χ3n) is 4.01. The fourth-order valence-corrected chi connectivity index (χ4v) is 4.30. The number of hydrogen-bond acceptors (Lipinski definition) is 3. The smallest absolute Gasteiger partial charge is 0.231 e. The van der Waals surface area contributed by atoms with E-state index in [4.69, 9.17) is 0 Å². The van der Waals surface area contributed by atoms with Gasteiger partial charge in [0.05, 0.1) is 12.2 Å². The van der Waals surface area contributed by atoms with E-state index in [-0.39, 0.29) is 12.5 Å². The van der Waals surface area contributed by atoms with Gasteiger partial charge in [0, 0.05) is 13.1 Å². The highest BCUT2D eigenvalue weighted by molar-refractivity contribution is 7.83. The van der Waals surface area contributed by atoms with E-state index in [2.05, 4.69) is 4.98 Å². The zero-order chi connectivity index (χ0) is 18.4. The lowest BCUT2D eigenvalue weighted by atomic mass is 10.0. The number of benzene rings is 2. The van der Waals surface area contributed by atoms with Gasteiger partial charge in [0.15, 0.2) is 0 Å². The van der Waals surface area contributed by atoms with Crippen LogP contribution in [0.1, 0.15) is 29.0 Å². The lowest BCUT2D eigenvalue weighted by molar-refractivity contribution is -0.124. The number of rotatable bonds is 6. The first-order valence-electron chi connectivity index (χ1n) is 8.35. The Morgan fingerprint density at radius 1 is 0.923 bits per heavy atom. The third kappa shape index (κ3) is 4.24. The summed E-state index contributed by atoms with van der Waals surface area (Å²) in [5, 5.41) is -0.426. The van der Waals surface area contributed by atoms with Crippen molar-refractivity contribution in [2.75, 3.05) is 0 Å². The summed E-state index contributed by atoms with van der Waals surface area (Å²) in [6.07, 6.45) is 1.67. The van der Waals surface area contributed by atoms with Crippen molar-refractivity contribution in [3.8, 4) is 0 Å². The quantitative estimate of drug-likeness (QED) is 0.667. The minimum atomic E-state index is -1.58. The molecule has 0 spiro atoms. The van der Waals surface area contributed by atoms with Crippen molar-refractivity contribution in [1.29, 1.82) is 0 Å². The minimum Gasteiger partial charge on any atom is -0.274 e. The predicted octanol–water partition coefficient (Wildman–Crippen LogP) is 3.88. The van der Waals surface area contributed by atoms with Gasteiger partial charge in [-0.25, -0.2) is 4.21 Å². The van der Waals surface area contributed by atoms with Crippen molar-refractivity contribution >= 4 is 16.9 Å². The van der Waals surface area contributed by atoms with E-state index in [1.165, 1.54) is 11.2 Å². The molecular weight excluding hydrogens is 344 g/mol. The summed E-state index contributed by atoms with van der Waals surface area (Å²) in [6, 6.07) is 24.8. The standard InChI is InChI=1S/C21H20N2O2S/c1-17(24)23(16-20-14-8-9-15-22-20)26(25)21(18-10-4-2-5-11-18)19-12-6-3-7-13-19/h2-15,21H,16H2,1H3. The summed E-state index contributed by atoms with van der Waals surface area (Å²) in [6.45, 7) is 1.65. The molecule has 0 aliphatic carbocycles. The highest BCUT2D eigenvalue weighted by atomic mass is 32.2. The number of amides is 1. The maximum absolute atomic E-state index is 13.5. The van der Waals surface area contributed by atoms with Gasteiger partial charge in [0.25, 0.3) is 0 Å².